The Bertz CT molecular complexity index is 1050. The van der Waals surface area contributed by atoms with Crippen molar-refractivity contribution in [1.82, 2.24) is 4.98 Å². The van der Waals surface area contributed by atoms with E-state index in [0.29, 0.717) is 22.9 Å². The predicted octanol–water partition coefficient (Wildman–Crippen LogP) is 4.38. The minimum Gasteiger partial charge on any atom is -0.493 e. The Morgan fingerprint density at radius 3 is 2.35 bits per heavy atom. The number of hydrogen-bond donors (Lipinski definition) is 2. The first-order valence-corrected chi connectivity index (χ1v) is 11.3. The molecule has 9 heteroatoms. The first-order valence-electron chi connectivity index (χ1n) is 9.42. The predicted molar refractivity (Wildman–Crippen MR) is 125 cm³/mol. The van der Waals surface area contributed by atoms with Gasteiger partial charge in [-0.1, -0.05) is 29.5 Å². The molecule has 1 aromatic heterocycles. The third kappa shape index (κ3) is 6.73. The average molecular weight is 458 g/mol. The lowest BCUT2D eigenvalue weighted by Gasteiger charge is -2.10. The van der Waals surface area contributed by atoms with Crippen molar-refractivity contribution in [3.63, 3.8) is 0 Å². The Balaban J connectivity index is 1.48. The zero-order chi connectivity index (χ0) is 22.2. The summed E-state index contributed by atoms with van der Waals surface area (Å²) in [5.41, 5.74) is 3.17. The SMILES string of the molecule is COc1ccc(NC(=O)Cc2csc(SCC(=O)Nc3ccc(C)cc3)n2)cc1OC. The molecule has 3 rings (SSSR count). The molecule has 2 aromatic carbocycles. The fourth-order valence-electron chi connectivity index (χ4n) is 2.68. The second kappa shape index (κ2) is 10.8. The monoisotopic (exact) mass is 457 g/mol. The van der Waals surface area contributed by atoms with E-state index >= 15 is 0 Å². The van der Waals surface area contributed by atoms with Crippen LogP contribution in [-0.2, 0) is 16.0 Å². The lowest BCUT2D eigenvalue weighted by atomic mass is 10.2. The van der Waals surface area contributed by atoms with Gasteiger partial charge in [-0.05, 0) is 31.2 Å². The molecule has 0 aliphatic rings. The Labute approximate surface area is 189 Å². The van der Waals surface area contributed by atoms with Gasteiger partial charge in [-0.15, -0.1) is 11.3 Å². The Morgan fingerprint density at radius 1 is 0.968 bits per heavy atom. The summed E-state index contributed by atoms with van der Waals surface area (Å²) in [6.07, 6.45) is 0.140. The van der Waals surface area contributed by atoms with Crippen LogP contribution >= 0.6 is 23.1 Å². The van der Waals surface area contributed by atoms with Crippen molar-refractivity contribution in [3.05, 3.63) is 59.1 Å². The molecule has 0 radical (unpaired) electrons. The number of hydrogen-bond acceptors (Lipinski definition) is 7. The number of nitrogens with one attached hydrogen (secondary N) is 2. The highest BCUT2D eigenvalue weighted by Gasteiger charge is 2.12. The molecule has 0 atom stereocenters. The van der Waals surface area contributed by atoms with Gasteiger partial charge in [0, 0.05) is 22.8 Å². The highest BCUT2D eigenvalue weighted by atomic mass is 32.2. The normalized spacial score (nSPS) is 10.4. The van der Waals surface area contributed by atoms with Crippen molar-refractivity contribution >= 4 is 46.3 Å². The quantitative estimate of drug-likeness (QED) is 0.464. The van der Waals surface area contributed by atoms with E-state index in [2.05, 4.69) is 15.6 Å². The molecule has 0 saturated carbocycles. The van der Waals surface area contributed by atoms with E-state index in [1.165, 1.54) is 23.1 Å². The third-order valence-corrected chi connectivity index (χ3v) is 6.27. The number of thioether (sulfide) groups is 1. The molecule has 31 heavy (non-hydrogen) atoms. The molecule has 3 aromatic rings. The van der Waals surface area contributed by atoms with Gasteiger partial charge in [-0.2, -0.15) is 0 Å². The lowest BCUT2D eigenvalue weighted by Crippen LogP contribution is -2.15. The number of benzene rings is 2. The van der Waals surface area contributed by atoms with E-state index in [1.807, 2.05) is 36.6 Å². The molecule has 0 spiro atoms. The Hall–Kier alpha value is -3.04. The molecular weight excluding hydrogens is 434 g/mol. The van der Waals surface area contributed by atoms with Crippen LogP contribution < -0.4 is 20.1 Å². The molecule has 7 nitrogen and oxygen atoms in total. The van der Waals surface area contributed by atoms with Crippen molar-refractivity contribution in [2.24, 2.45) is 0 Å². The molecule has 1 heterocycles. The van der Waals surface area contributed by atoms with Gasteiger partial charge in [0.05, 0.1) is 32.1 Å². The van der Waals surface area contributed by atoms with E-state index in [-0.39, 0.29) is 24.0 Å². The minimum absolute atomic E-state index is 0.100. The third-order valence-electron chi connectivity index (χ3n) is 4.20. The molecule has 0 saturated heterocycles. The maximum Gasteiger partial charge on any atom is 0.234 e. The van der Waals surface area contributed by atoms with Crippen LogP contribution in [0.1, 0.15) is 11.3 Å². The number of amides is 2. The highest BCUT2D eigenvalue weighted by molar-refractivity contribution is 8.01. The highest BCUT2D eigenvalue weighted by Crippen LogP contribution is 2.30. The fourth-order valence-corrected chi connectivity index (χ4v) is 4.33. The largest absolute Gasteiger partial charge is 0.493 e. The number of anilines is 2. The van der Waals surface area contributed by atoms with Crippen LogP contribution in [-0.4, -0.2) is 36.8 Å². The van der Waals surface area contributed by atoms with E-state index in [1.54, 1.807) is 32.4 Å². The molecule has 2 N–H and O–H groups in total. The van der Waals surface area contributed by atoms with Gasteiger partial charge in [-0.3, -0.25) is 9.59 Å². The van der Waals surface area contributed by atoms with Crippen LogP contribution in [0.15, 0.2) is 52.2 Å². The molecule has 0 fully saturated rings. The van der Waals surface area contributed by atoms with Crippen LogP contribution in [0, 0.1) is 6.92 Å². The van der Waals surface area contributed by atoms with Crippen LogP contribution in [0.4, 0.5) is 11.4 Å². The number of carbonyl (C=O) groups excluding carboxylic acids is 2. The van der Waals surface area contributed by atoms with Gasteiger partial charge in [0.1, 0.15) is 0 Å². The molecule has 2 amide bonds. The number of aromatic nitrogens is 1. The van der Waals surface area contributed by atoms with Crippen LogP contribution in [0.25, 0.3) is 0 Å². The van der Waals surface area contributed by atoms with Crippen molar-refractivity contribution in [2.75, 3.05) is 30.6 Å². The first-order chi connectivity index (χ1) is 15.0. The van der Waals surface area contributed by atoms with Crippen LogP contribution in [0.5, 0.6) is 11.5 Å². The summed E-state index contributed by atoms with van der Waals surface area (Å²) in [6, 6.07) is 12.8. The number of ether oxygens (including phenoxy) is 2. The smallest absolute Gasteiger partial charge is 0.234 e. The number of methoxy groups -OCH3 is 2. The van der Waals surface area contributed by atoms with Gasteiger partial charge in [-0.25, -0.2) is 4.98 Å². The molecule has 0 aliphatic carbocycles. The Morgan fingerprint density at radius 2 is 1.65 bits per heavy atom. The van der Waals surface area contributed by atoms with Gasteiger partial charge >= 0.3 is 0 Å². The number of carbonyl (C=O) groups is 2. The summed E-state index contributed by atoms with van der Waals surface area (Å²) in [6.45, 7) is 2.00. The number of aryl methyl sites for hydroxylation is 1. The summed E-state index contributed by atoms with van der Waals surface area (Å²) < 4.78 is 11.2. The van der Waals surface area contributed by atoms with Crippen LogP contribution in [0.3, 0.4) is 0 Å². The molecule has 0 bridgehead atoms. The second-order valence-corrected chi connectivity index (χ2v) is 8.68. The van der Waals surface area contributed by atoms with Crippen molar-refractivity contribution < 1.29 is 19.1 Å². The van der Waals surface area contributed by atoms with Gasteiger partial charge in [0.25, 0.3) is 0 Å². The zero-order valence-corrected chi connectivity index (χ0v) is 19.1. The van der Waals surface area contributed by atoms with E-state index in [0.717, 1.165) is 15.6 Å². The number of nitrogens with zero attached hydrogens (tertiary/aromatic N) is 1. The van der Waals surface area contributed by atoms with Crippen molar-refractivity contribution in [2.45, 2.75) is 17.7 Å². The summed E-state index contributed by atoms with van der Waals surface area (Å²) in [4.78, 5) is 28.9. The summed E-state index contributed by atoms with van der Waals surface area (Å²) in [7, 11) is 3.10. The second-order valence-electron chi connectivity index (χ2n) is 6.60. The minimum atomic E-state index is -0.189. The first kappa shape index (κ1) is 22.6. The van der Waals surface area contributed by atoms with E-state index in [4.69, 9.17) is 9.47 Å². The zero-order valence-electron chi connectivity index (χ0n) is 17.4. The van der Waals surface area contributed by atoms with Gasteiger partial charge in [0.15, 0.2) is 15.8 Å². The fraction of sp³-hybridized carbons (Fsp3) is 0.227. The number of rotatable bonds is 9. The van der Waals surface area contributed by atoms with Crippen LogP contribution in [0.2, 0.25) is 0 Å². The topological polar surface area (TPSA) is 89.5 Å². The lowest BCUT2D eigenvalue weighted by molar-refractivity contribution is -0.116. The maximum atomic E-state index is 12.3. The Kier molecular flexibility index (Phi) is 7.91. The molecular formula is C22H23N3O4S2. The molecule has 162 valence electrons. The standard InChI is InChI=1S/C22H23N3O4S2/c1-14-4-6-15(7-5-14)23-21(27)13-31-22-25-17(12-30-22)11-20(26)24-16-8-9-18(28-2)19(10-16)29-3/h4-10,12H,11,13H2,1-3H3,(H,23,27)(H,24,26). The van der Waals surface area contributed by atoms with E-state index < -0.39 is 0 Å². The summed E-state index contributed by atoms with van der Waals surface area (Å²) >= 11 is 2.76. The molecule has 0 aliphatic heterocycles. The summed E-state index contributed by atoms with van der Waals surface area (Å²) in [5, 5.41) is 7.51. The average Bonchev–Trinajstić information content (AvgIpc) is 3.21. The number of thiazole rings is 1. The van der Waals surface area contributed by atoms with Gasteiger partial charge in [0.2, 0.25) is 11.8 Å². The maximum absolute atomic E-state index is 12.3. The van der Waals surface area contributed by atoms with E-state index in [9.17, 15) is 9.59 Å². The summed E-state index contributed by atoms with van der Waals surface area (Å²) in [5.74, 6) is 1.09. The van der Waals surface area contributed by atoms with Crippen molar-refractivity contribution in [3.8, 4) is 11.5 Å². The molecule has 0 unspecified atom stereocenters. The van der Waals surface area contributed by atoms with Gasteiger partial charge < -0.3 is 20.1 Å². The van der Waals surface area contributed by atoms with Crippen molar-refractivity contribution in [1.29, 1.82) is 0 Å².